The number of hydrogen-bond donors (Lipinski definition) is 0. The molecule has 0 aliphatic heterocycles. The molecule has 0 radical (unpaired) electrons. The van der Waals surface area contributed by atoms with Crippen molar-refractivity contribution < 1.29 is 0 Å². The van der Waals surface area contributed by atoms with Gasteiger partial charge in [-0.2, -0.15) is 0 Å². The summed E-state index contributed by atoms with van der Waals surface area (Å²) < 4.78 is 7.36. The lowest BCUT2D eigenvalue weighted by Gasteiger charge is -2.16. The molecule has 13 aromatic rings. The predicted molar refractivity (Wildman–Crippen MR) is 250 cm³/mol. The van der Waals surface area contributed by atoms with Crippen LogP contribution in [0.5, 0.6) is 0 Å². The van der Waals surface area contributed by atoms with Crippen LogP contribution in [0.15, 0.2) is 212 Å². The Labute approximate surface area is 339 Å². The SMILES string of the molecule is c1ccc(-n2c3ccccc3c3cc(-c4c5ccccc5cc5c6ccccc6n(-c6ccc7c8ccccc8n(-c8ccc9ccccc9c8)c7c6)c45)ccc32)cc1. The minimum atomic E-state index is 1.13. The first-order valence-electron chi connectivity index (χ1n) is 20.4. The highest BCUT2D eigenvalue weighted by molar-refractivity contribution is 6.22. The van der Waals surface area contributed by atoms with E-state index in [4.69, 9.17) is 0 Å². The Morgan fingerprint density at radius 2 is 0.763 bits per heavy atom. The van der Waals surface area contributed by atoms with Crippen LogP contribution in [0.3, 0.4) is 0 Å². The molecule has 0 unspecified atom stereocenters. The summed E-state index contributed by atoms with van der Waals surface area (Å²) in [5, 5.41) is 12.4. The van der Waals surface area contributed by atoms with E-state index in [1.54, 1.807) is 0 Å². The molecule has 59 heavy (non-hydrogen) atoms. The van der Waals surface area contributed by atoms with E-state index in [1.165, 1.54) is 98.1 Å². The zero-order chi connectivity index (χ0) is 38.6. The highest BCUT2D eigenvalue weighted by Gasteiger charge is 2.22. The Bertz CT molecular complexity index is 3840. The van der Waals surface area contributed by atoms with Gasteiger partial charge in [0.2, 0.25) is 0 Å². The molecule has 0 spiro atoms. The molecule has 274 valence electrons. The van der Waals surface area contributed by atoms with Gasteiger partial charge in [-0.1, -0.05) is 140 Å². The van der Waals surface area contributed by atoms with Crippen LogP contribution in [-0.2, 0) is 0 Å². The summed E-state index contributed by atoms with van der Waals surface area (Å²) >= 11 is 0. The monoisotopic (exact) mass is 749 g/mol. The first-order valence-corrected chi connectivity index (χ1v) is 20.4. The molecule has 3 heteroatoms. The van der Waals surface area contributed by atoms with Crippen LogP contribution >= 0.6 is 0 Å². The van der Waals surface area contributed by atoms with Gasteiger partial charge in [0, 0.05) is 54.9 Å². The van der Waals surface area contributed by atoms with Crippen molar-refractivity contribution in [3.05, 3.63) is 212 Å². The fourth-order valence-electron chi connectivity index (χ4n) is 10.0. The van der Waals surface area contributed by atoms with Crippen molar-refractivity contribution in [1.29, 1.82) is 0 Å². The summed E-state index contributed by atoms with van der Waals surface area (Å²) in [5.74, 6) is 0. The molecule has 3 nitrogen and oxygen atoms in total. The standard InChI is InChI=1S/C56H35N3/c1-2-17-40(18-3-1)57-51-24-12-9-21-45(51)48-34-39(27-31-53(48)57)55-43-19-7-6-16-38(43)33-49-46-22-10-13-25-52(46)59(56(49)55)42-29-30-47-44-20-8-11-23-50(44)58(54(47)35-42)41-28-26-36-14-4-5-15-37(36)32-41/h1-35H. The molecule has 3 aromatic heterocycles. The maximum Gasteiger partial charge on any atom is 0.0625 e. The molecule has 0 N–H and O–H groups in total. The first kappa shape index (κ1) is 32.2. The molecule has 0 atom stereocenters. The van der Waals surface area contributed by atoms with E-state index in [2.05, 4.69) is 226 Å². The maximum atomic E-state index is 2.52. The lowest BCUT2D eigenvalue weighted by atomic mass is 9.93. The number of rotatable bonds is 4. The van der Waals surface area contributed by atoms with Crippen LogP contribution in [0.1, 0.15) is 0 Å². The second kappa shape index (κ2) is 12.3. The number of hydrogen-bond acceptors (Lipinski definition) is 0. The van der Waals surface area contributed by atoms with E-state index in [0.717, 1.165) is 17.1 Å². The summed E-state index contributed by atoms with van der Waals surface area (Å²) in [5.41, 5.74) is 13.1. The van der Waals surface area contributed by atoms with E-state index in [0.29, 0.717) is 0 Å². The predicted octanol–water partition coefficient (Wildman–Crippen LogP) is 15.0. The van der Waals surface area contributed by atoms with E-state index in [9.17, 15) is 0 Å². The number of para-hydroxylation sites is 4. The summed E-state index contributed by atoms with van der Waals surface area (Å²) in [4.78, 5) is 0. The van der Waals surface area contributed by atoms with Gasteiger partial charge in [0.1, 0.15) is 0 Å². The largest absolute Gasteiger partial charge is 0.309 e. The Morgan fingerprint density at radius 1 is 0.237 bits per heavy atom. The quantitative estimate of drug-likeness (QED) is 0.170. The summed E-state index contributed by atoms with van der Waals surface area (Å²) in [6.07, 6.45) is 0. The molecule has 0 amide bonds. The molecule has 10 aromatic carbocycles. The van der Waals surface area contributed by atoms with Gasteiger partial charge in [0.15, 0.2) is 0 Å². The topological polar surface area (TPSA) is 14.8 Å². The third-order valence-electron chi connectivity index (χ3n) is 12.6. The Balaban J connectivity index is 1.13. The first-order chi connectivity index (χ1) is 29.3. The summed E-state index contributed by atoms with van der Waals surface area (Å²) in [6.45, 7) is 0. The van der Waals surface area contributed by atoms with Crippen LogP contribution in [0.4, 0.5) is 0 Å². The zero-order valence-electron chi connectivity index (χ0n) is 32.0. The normalized spacial score (nSPS) is 12.1. The summed E-state index contributed by atoms with van der Waals surface area (Å²) in [6, 6.07) is 78.1. The Hall–Kier alpha value is -7.88. The molecule has 13 rings (SSSR count). The van der Waals surface area contributed by atoms with Crippen molar-refractivity contribution in [2.24, 2.45) is 0 Å². The van der Waals surface area contributed by atoms with E-state index >= 15 is 0 Å². The fourth-order valence-corrected chi connectivity index (χ4v) is 10.0. The average Bonchev–Trinajstić information content (AvgIpc) is 3.93. The third kappa shape index (κ3) is 4.64. The van der Waals surface area contributed by atoms with Gasteiger partial charge >= 0.3 is 0 Å². The van der Waals surface area contributed by atoms with Gasteiger partial charge in [0.25, 0.3) is 0 Å². The van der Waals surface area contributed by atoms with Crippen LogP contribution in [0.2, 0.25) is 0 Å². The number of benzene rings is 10. The van der Waals surface area contributed by atoms with Gasteiger partial charge in [-0.25, -0.2) is 0 Å². The van der Waals surface area contributed by atoms with Gasteiger partial charge in [-0.05, 0) is 99.9 Å². The molecule has 3 heterocycles. The highest BCUT2D eigenvalue weighted by Crippen LogP contribution is 2.45. The lowest BCUT2D eigenvalue weighted by Crippen LogP contribution is -1.98. The van der Waals surface area contributed by atoms with Gasteiger partial charge in [-0.3, -0.25) is 0 Å². The van der Waals surface area contributed by atoms with Gasteiger partial charge in [0.05, 0.1) is 33.1 Å². The Morgan fingerprint density at radius 3 is 1.53 bits per heavy atom. The lowest BCUT2D eigenvalue weighted by molar-refractivity contribution is 1.16. The molecule has 0 bridgehead atoms. The molecule has 0 fully saturated rings. The molecule has 0 saturated carbocycles. The zero-order valence-corrected chi connectivity index (χ0v) is 32.0. The molecular weight excluding hydrogens is 715 g/mol. The second-order valence-electron chi connectivity index (χ2n) is 15.7. The van der Waals surface area contributed by atoms with Crippen LogP contribution < -0.4 is 0 Å². The van der Waals surface area contributed by atoms with Crippen LogP contribution in [0, 0.1) is 0 Å². The summed E-state index contributed by atoms with van der Waals surface area (Å²) in [7, 11) is 0. The minimum Gasteiger partial charge on any atom is -0.309 e. The molecule has 0 aliphatic carbocycles. The fraction of sp³-hybridized carbons (Fsp3) is 0. The van der Waals surface area contributed by atoms with Crippen molar-refractivity contribution in [3.63, 3.8) is 0 Å². The van der Waals surface area contributed by atoms with Gasteiger partial charge < -0.3 is 13.7 Å². The second-order valence-corrected chi connectivity index (χ2v) is 15.7. The number of fused-ring (bicyclic) bond motifs is 11. The van der Waals surface area contributed by atoms with Crippen molar-refractivity contribution in [2.75, 3.05) is 0 Å². The maximum absolute atomic E-state index is 2.52. The number of nitrogens with zero attached hydrogens (tertiary/aromatic N) is 3. The van der Waals surface area contributed by atoms with E-state index in [1.807, 2.05) is 0 Å². The van der Waals surface area contributed by atoms with E-state index < -0.39 is 0 Å². The van der Waals surface area contributed by atoms with Crippen LogP contribution in [-0.4, -0.2) is 13.7 Å². The van der Waals surface area contributed by atoms with E-state index in [-0.39, 0.29) is 0 Å². The van der Waals surface area contributed by atoms with Gasteiger partial charge in [-0.15, -0.1) is 0 Å². The smallest absolute Gasteiger partial charge is 0.0625 e. The number of aromatic nitrogens is 3. The molecule has 0 aliphatic rings. The average molecular weight is 750 g/mol. The van der Waals surface area contributed by atoms with Crippen molar-refractivity contribution in [2.45, 2.75) is 0 Å². The highest BCUT2D eigenvalue weighted by atomic mass is 15.0. The van der Waals surface area contributed by atoms with Crippen molar-refractivity contribution in [3.8, 4) is 28.2 Å². The Kier molecular flexibility index (Phi) is 6.72. The van der Waals surface area contributed by atoms with Crippen molar-refractivity contribution >= 4 is 87.0 Å². The third-order valence-corrected chi connectivity index (χ3v) is 12.6. The minimum absolute atomic E-state index is 1.13. The van der Waals surface area contributed by atoms with Crippen molar-refractivity contribution in [1.82, 2.24) is 13.7 Å². The van der Waals surface area contributed by atoms with Crippen LogP contribution in [0.25, 0.3) is 115 Å². The molecule has 0 saturated heterocycles. The molecular formula is C56H35N3.